The summed E-state index contributed by atoms with van der Waals surface area (Å²) in [6.45, 7) is 2.69. The number of H-pyrrole nitrogens is 1. The Kier molecular flexibility index (Phi) is 4.01. The topological polar surface area (TPSA) is 73.4 Å². The highest BCUT2D eigenvalue weighted by atomic mass is 19.4. The summed E-state index contributed by atoms with van der Waals surface area (Å²) in [5.74, 6) is -5.85. The summed E-state index contributed by atoms with van der Waals surface area (Å²) in [6.07, 6.45) is -4.66. The number of hydrogen-bond donors (Lipinski definition) is 2. The Morgan fingerprint density at radius 1 is 1.20 bits per heavy atom. The first-order valence-corrected chi connectivity index (χ1v) is 7.76. The van der Waals surface area contributed by atoms with Crippen LogP contribution in [0, 0.1) is 25.7 Å². The zero-order valence-electron chi connectivity index (χ0n) is 13.6. The number of nitrogens with zero attached hydrogens (tertiary/aromatic N) is 1. The fourth-order valence-corrected chi connectivity index (χ4v) is 3.44. The van der Waals surface area contributed by atoms with Crippen LogP contribution in [0.25, 0.3) is 10.9 Å². The maximum atomic E-state index is 13.1. The number of hydrogen-bond acceptors (Lipinski definition) is 2. The largest absolute Gasteiger partial charge is 0.481 e. The SMILES string of the molecule is Cc1cc(C)c2cc(C(=O)N3C[C@@H](C(F)(F)F)[C@H](C(=O)O)C3)[nH]c2c1. The van der Waals surface area contributed by atoms with Crippen LogP contribution in [-0.2, 0) is 4.79 Å². The fraction of sp³-hybridized carbons (Fsp3) is 0.412. The molecule has 1 aliphatic rings. The highest BCUT2D eigenvalue weighted by Crippen LogP contribution is 2.38. The van der Waals surface area contributed by atoms with E-state index in [2.05, 4.69) is 4.98 Å². The van der Waals surface area contributed by atoms with Crippen LogP contribution in [0.3, 0.4) is 0 Å². The molecule has 0 bridgehead atoms. The van der Waals surface area contributed by atoms with Gasteiger partial charge in [0.25, 0.3) is 5.91 Å². The second-order valence-electron chi connectivity index (χ2n) is 6.53. The monoisotopic (exact) mass is 354 g/mol. The number of fused-ring (bicyclic) bond motifs is 1. The molecule has 0 saturated carbocycles. The lowest BCUT2D eigenvalue weighted by atomic mass is 9.96. The van der Waals surface area contributed by atoms with Gasteiger partial charge in [0.05, 0.1) is 11.8 Å². The molecule has 2 aromatic rings. The highest BCUT2D eigenvalue weighted by Gasteiger charge is 2.53. The average Bonchev–Trinajstić information content (AvgIpc) is 3.09. The number of amides is 1. The van der Waals surface area contributed by atoms with Crippen molar-refractivity contribution in [1.29, 1.82) is 0 Å². The second kappa shape index (κ2) is 5.79. The molecule has 25 heavy (non-hydrogen) atoms. The Bertz CT molecular complexity index is 857. The minimum absolute atomic E-state index is 0.163. The van der Waals surface area contributed by atoms with Crippen LogP contribution in [0.15, 0.2) is 18.2 Å². The van der Waals surface area contributed by atoms with Gasteiger partial charge in [-0.05, 0) is 37.1 Å². The van der Waals surface area contributed by atoms with Crippen LogP contribution >= 0.6 is 0 Å². The predicted molar refractivity (Wildman–Crippen MR) is 84.3 cm³/mol. The zero-order chi connectivity index (χ0) is 18.5. The van der Waals surface area contributed by atoms with Gasteiger partial charge in [0.2, 0.25) is 0 Å². The van der Waals surface area contributed by atoms with Gasteiger partial charge in [-0.2, -0.15) is 13.2 Å². The Balaban J connectivity index is 1.91. The van der Waals surface area contributed by atoms with E-state index in [0.717, 1.165) is 26.9 Å². The lowest BCUT2D eigenvalue weighted by Gasteiger charge is -2.18. The van der Waals surface area contributed by atoms with Crippen molar-refractivity contribution < 1.29 is 27.9 Å². The molecule has 134 valence electrons. The van der Waals surface area contributed by atoms with Crippen LogP contribution < -0.4 is 0 Å². The average molecular weight is 354 g/mol. The minimum Gasteiger partial charge on any atom is -0.481 e. The summed E-state index contributed by atoms with van der Waals surface area (Å²) < 4.78 is 39.2. The number of aliphatic carboxylic acids is 1. The van der Waals surface area contributed by atoms with Gasteiger partial charge in [-0.25, -0.2) is 0 Å². The van der Waals surface area contributed by atoms with Crippen molar-refractivity contribution in [3.63, 3.8) is 0 Å². The molecule has 5 nitrogen and oxygen atoms in total. The molecule has 1 aliphatic heterocycles. The first-order chi connectivity index (χ1) is 11.6. The Morgan fingerprint density at radius 2 is 1.88 bits per heavy atom. The summed E-state index contributed by atoms with van der Waals surface area (Å²) in [4.78, 5) is 27.6. The van der Waals surface area contributed by atoms with Gasteiger partial charge in [-0.3, -0.25) is 9.59 Å². The van der Waals surface area contributed by atoms with E-state index < -0.39 is 43.0 Å². The number of likely N-dealkylation sites (tertiary alicyclic amines) is 1. The first-order valence-electron chi connectivity index (χ1n) is 7.76. The number of aromatic nitrogens is 1. The number of aromatic amines is 1. The summed E-state index contributed by atoms with van der Waals surface area (Å²) >= 11 is 0. The van der Waals surface area contributed by atoms with Crippen LogP contribution in [-0.4, -0.2) is 46.1 Å². The van der Waals surface area contributed by atoms with Crippen molar-refractivity contribution in [3.05, 3.63) is 35.0 Å². The van der Waals surface area contributed by atoms with Gasteiger partial charge in [0.15, 0.2) is 0 Å². The molecule has 1 fully saturated rings. The van der Waals surface area contributed by atoms with Crippen LogP contribution in [0.5, 0.6) is 0 Å². The molecule has 0 aliphatic carbocycles. The number of carboxylic acid groups (broad SMARTS) is 1. The highest BCUT2D eigenvalue weighted by molar-refractivity contribution is 5.99. The maximum absolute atomic E-state index is 13.1. The van der Waals surface area contributed by atoms with Gasteiger partial charge in [-0.15, -0.1) is 0 Å². The zero-order valence-corrected chi connectivity index (χ0v) is 13.6. The molecule has 1 saturated heterocycles. The van der Waals surface area contributed by atoms with Gasteiger partial charge < -0.3 is 15.0 Å². The smallest absolute Gasteiger partial charge is 0.394 e. The van der Waals surface area contributed by atoms with E-state index in [1.54, 1.807) is 6.07 Å². The van der Waals surface area contributed by atoms with Gasteiger partial charge in [0.1, 0.15) is 5.69 Å². The second-order valence-corrected chi connectivity index (χ2v) is 6.53. The lowest BCUT2D eigenvalue weighted by Crippen LogP contribution is -2.34. The molecule has 0 spiro atoms. The van der Waals surface area contributed by atoms with Crippen molar-refractivity contribution in [2.24, 2.45) is 11.8 Å². The van der Waals surface area contributed by atoms with E-state index in [4.69, 9.17) is 5.11 Å². The lowest BCUT2D eigenvalue weighted by molar-refractivity contribution is -0.187. The quantitative estimate of drug-likeness (QED) is 0.870. The third kappa shape index (κ3) is 3.08. The molecule has 1 amide bonds. The molecule has 2 N–H and O–H groups in total. The molecule has 0 radical (unpaired) electrons. The molecule has 8 heteroatoms. The Labute approximate surface area is 141 Å². The number of rotatable bonds is 2. The van der Waals surface area contributed by atoms with E-state index in [1.165, 1.54) is 0 Å². The van der Waals surface area contributed by atoms with Crippen LogP contribution in [0.1, 0.15) is 21.6 Å². The number of alkyl halides is 3. The number of aryl methyl sites for hydroxylation is 2. The summed E-state index contributed by atoms with van der Waals surface area (Å²) in [5, 5.41) is 9.87. The van der Waals surface area contributed by atoms with E-state index >= 15 is 0 Å². The summed E-state index contributed by atoms with van der Waals surface area (Å²) in [7, 11) is 0. The molecule has 0 unspecified atom stereocenters. The Morgan fingerprint density at radius 3 is 2.44 bits per heavy atom. The van der Waals surface area contributed by atoms with Crippen LogP contribution in [0.4, 0.5) is 13.2 Å². The first kappa shape index (κ1) is 17.3. The van der Waals surface area contributed by atoms with E-state index in [9.17, 15) is 22.8 Å². The maximum Gasteiger partial charge on any atom is 0.394 e. The van der Waals surface area contributed by atoms with Crippen molar-refractivity contribution in [1.82, 2.24) is 9.88 Å². The van der Waals surface area contributed by atoms with Crippen molar-refractivity contribution in [2.45, 2.75) is 20.0 Å². The summed E-state index contributed by atoms with van der Waals surface area (Å²) in [5.41, 5.74) is 2.83. The van der Waals surface area contributed by atoms with Crippen molar-refractivity contribution >= 4 is 22.8 Å². The van der Waals surface area contributed by atoms with E-state index in [-0.39, 0.29) is 5.69 Å². The molecule has 2 heterocycles. The van der Waals surface area contributed by atoms with Crippen LogP contribution in [0.2, 0.25) is 0 Å². The molecule has 1 aromatic heterocycles. The third-order valence-corrected chi connectivity index (χ3v) is 4.66. The number of carboxylic acids is 1. The van der Waals surface area contributed by atoms with Crippen molar-refractivity contribution in [3.8, 4) is 0 Å². The summed E-state index contributed by atoms with van der Waals surface area (Å²) in [6, 6.07) is 5.39. The van der Waals surface area contributed by atoms with Gasteiger partial charge >= 0.3 is 12.1 Å². The molecular formula is C17H17F3N2O3. The van der Waals surface area contributed by atoms with Gasteiger partial charge in [-0.1, -0.05) is 6.07 Å². The number of nitrogens with one attached hydrogen (secondary N) is 1. The van der Waals surface area contributed by atoms with E-state index in [1.807, 2.05) is 26.0 Å². The fourth-order valence-electron chi connectivity index (χ4n) is 3.44. The number of carbonyl (C=O) groups excluding carboxylic acids is 1. The number of halogens is 3. The van der Waals surface area contributed by atoms with E-state index in [0.29, 0.717) is 0 Å². The standard InChI is InChI=1S/C17H17F3N2O3/c1-8-3-9(2)10-5-14(21-13(10)4-8)15(23)22-6-11(16(24)25)12(7-22)17(18,19)20/h3-5,11-12,21H,6-7H2,1-2H3,(H,24,25)/t11-,12-/m1/s1. The molecule has 2 atom stereocenters. The van der Waals surface area contributed by atoms with Crippen molar-refractivity contribution in [2.75, 3.05) is 13.1 Å². The predicted octanol–water partition coefficient (Wildman–Crippen LogP) is 3.12. The Hall–Kier alpha value is -2.51. The molecular weight excluding hydrogens is 337 g/mol. The third-order valence-electron chi connectivity index (χ3n) is 4.66. The minimum atomic E-state index is -4.66. The molecule has 3 rings (SSSR count). The molecule has 1 aromatic carbocycles. The number of benzene rings is 1. The number of carbonyl (C=O) groups is 2. The normalized spacial score (nSPS) is 21.1. The van der Waals surface area contributed by atoms with Gasteiger partial charge in [0, 0.05) is 24.0 Å².